The minimum Gasteiger partial charge on any atom is -0.503 e. The fourth-order valence-electron chi connectivity index (χ4n) is 10.5. The Morgan fingerprint density at radius 2 is 1.78 bits per heavy atom. The molecule has 6 unspecified atom stereocenters. The van der Waals surface area contributed by atoms with E-state index in [1.807, 2.05) is 32.0 Å². The minimum atomic E-state index is -1.27. The number of thiophene rings is 1. The zero-order chi connectivity index (χ0) is 38.0. The Bertz CT molecular complexity index is 2350. The molecule has 280 valence electrons. The molecule has 13 heteroatoms. The Balaban J connectivity index is 1.16. The first-order chi connectivity index (χ1) is 25.8. The number of halogens is 2. The van der Waals surface area contributed by atoms with Gasteiger partial charge in [0.2, 0.25) is 23.6 Å². The van der Waals surface area contributed by atoms with Gasteiger partial charge in [-0.2, -0.15) is 5.10 Å². The lowest BCUT2D eigenvalue weighted by Gasteiger charge is -2.49. The standard InChI is InChI=1S/C41H40BrClN4O6S/c1-19-25-16-21(43)10-13-31(25)54-36(19)29-18-32(45(3)44-29)47-38(50)27-17-26-23(11-12-24-33(26)39(51)46(37(24)49)22-8-6-5-7-9-22)34(41(27,2)40(47)52)20-14-28(42)35(48)30(15-20)53-4/h10-11,13-16,18,22,24,26-27,33-34,48H,5-9,12,17H2,1-4H3. The van der Waals surface area contributed by atoms with Gasteiger partial charge in [-0.05, 0) is 108 Å². The number of rotatable bonds is 5. The smallest absolute Gasteiger partial charge is 0.242 e. The molecule has 4 fully saturated rings. The van der Waals surface area contributed by atoms with Crippen LogP contribution in [0.15, 0.2) is 52.5 Å². The largest absolute Gasteiger partial charge is 0.503 e. The fraction of sp³-hybridized carbons (Fsp3) is 0.439. The number of hydrogen-bond donors (Lipinski definition) is 1. The minimum absolute atomic E-state index is 0.0793. The van der Waals surface area contributed by atoms with Crippen molar-refractivity contribution in [3.05, 3.63) is 68.7 Å². The molecule has 4 heterocycles. The number of likely N-dealkylation sites (tertiary alicyclic amines) is 1. The monoisotopic (exact) mass is 830 g/mol. The molecular weight excluding hydrogens is 792 g/mol. The maximum Gasteiger partial charge on any atom is 0.242 e. The summed E-state index contributed by atoms with van der Waals surface area (Å²) in [5.41, 5.74) is 1.94. The normalized spacial score (nSPS) is 28.5. The number of aryl methyl sites for hydroxylation is 2. The summed E-state index contributed by atoms with van der Waals surface area (Å²) >= 11 is 11.4. The number of anilines is 1. The van der Waals surface area contributed by atoms with Crippen LogP contribution in [0.5, 0.6) is 11.5 Å². The van der Waals surface area contributed by atoms with Gasteiger partial charge in [-0.1, -0.05) is 42.5 Å². The summed E-state index contributed by atoms with van der Waals surface area (Å²) in [6, 6.07) is 11.0. The average Bonchev–Trinajstić information content (AvgIpc) is 3.83. The predicted molar refractivity (Wildman–Crippen MR) is 209 cm³/mol. The number of phenols is 1. The van der Waals surface area contributed by atoms with Gasteiger partial charge in [0.15, 0.2) is 11.5 Å². The van der Waals surface area contributed by atoms with Gasteiger partial charge >= 0.3 is 0 Å². The number of carbonyl (C=O) groups is 4. The molecule has 10 nitrogen and oxygen atoms in total. The Labute approximate surface area is 330 Å². The van der Waals surface area contributed by atoms with E-state index in [0.717, 1.165) is 58.2 Å². The molecule has 2 saturated carbocycles. The third kappa shape index (κ3) is 4.97. The molecule has 3 aliphatic carbocycles. The van der Waals surface area contributed by atoms with Crippen molar-refractivity contribution in [2.45, 2.75) is 70.8 Å². The highest BCUT2D eigenvalue weighted by Crippen LogP contribution is 2.64. The predicted octanol–water partition coefficient (Wildman–Crippen LogP) is 8.30. The molecule has 5 aliphatic rings. The number of allylic oxidation sites excluding steroid dienone is 2. The van der Waals surface area contributed by atoms with E-state index in [9.17, 15) is 19.5 Å². The maximum atomic E-state index is 15.2. The Kier molecular flexibility index (Phi) is 8.44. The first-order valence-corrected chi connectivity index (χ1v) is 20.6. The quantitative estimate of drug-likeness (QED) is 0.159. The molecule has 0 radical (unpaired) electrons. The number of phenolic OH excluding ortho intramolecular Hbond substituents is 1. The van der Waals surface area contributed by atoms with Crippen molar-refractivity contribution in [2.75, 3.05) is 12.0 Å². The van der Waals surface area contributed by atoms with E-state index >= 15 is 4.79 Å². The molecule has 2 aromatic heterocycles. The van der Waals surface area contributed by atoms with Crippen LogP contribution < -0.4 is 9.64 Å². The summed E-state index contributed by atoms with van der Waals surface area (Å²) in [7, 11) is 3.20. The van der Waals surface area contributed by atoms with Gasteiger partial charge in [0.1, 0.15) is 11.5 Å². The highest BCUT2D eigenvalue weighted by atomic mass is 79.9. The number of aromatic hydroxyl groups is 1. The Morgan fingerprint density at radius 3 is 2.52 bits per heavy atom. The number of benzene rings is 2. The van der Waals surface area contributed by atoms with E-state index in [1.54, 1.807) is 46.2 Å². The summed E-state index contributed by atoms with van der Waals surface area (Å²) in [4.78, 5) is 62.4. The van der Waals surface area contributed by atoms with Crippen LogP contribution in [0.25, 0.3) is 20.7 Å². The van der Waals surface area contributed by atoms with E-state index in [1.165, 1.54) is 12.0 Å². The van der Waals surface area contributed by atoms with Gasteiger partial charge in [0, 0.05) is 34.8 Å². The molecule has 9 rings (SSSR count). The molecule has 2 aromatic carbocycles. The average molecular weight is 832 g/mol. The van der Waals surface area contributed by atoms with Gasteiger partial charge < -0.3 is 9.84 Å². The zero-order valence-electron chi connectivity index (χ0n) is 30.4. The van der Waals surface area contributed by atoms with E-state index in [0.29, 0.717) is 33.0 Å². The lowest BCUT2D eigenvalue weighted by molar-refractivity contribution is -0.144. The van der Waals surface area contributed by atoms with Gasteiger partial charge in [0.05, 0.1) is 39.6 Å². The first kappa shape index (κ1) is 35.7. The van der Waals surface area contributed by atoms with Crippen LogP contribution in [0.3, 0.4) is 0 Å². The third-order valence-corrected chi connectivity index (χ3v) is 15.2. The topological polar surface area (TPSA) is 122 Å². The summed E-state index contributed by atoms with van der Waals surface area (Å²) in [5.74, 6) is -3.46. The van der Waals surface area contributed by atoms with Gasteiger partial charge in [-0.25, -0.2) is 4.90 Å². The molecule has 4 amide bonds. The van der Waals surface area contributed by atoms with Crippen LogP contribution in [0.1, 0.15) is 68.9 Å². The second-order valence-electron chi connectivity index (χ2n) is 15.8. The maximum absolute atomic E-state index is 15.2. The molecule has 1 N–H and O–H groups in total. The van der Waals surface area contributed by atoms with Crippen LogP contribution in [0.4, 0.5) is 5.82 Å². The van der Waals surface area contributed by atoms with Crippen molar-refractivity contribution in [3.8, 4) is 22.1 Å². The number of imide groups is 2. The summed E-state index contributed by atoms with van der Waals surface area (Å²) in [6.45, 7) is 3.87. The van der Waals surface area contributed by atoms with Crippen molar-refractivity contribution in [1.82, 2.24) is 14.7 Å². The number of nitrogens with zero attached hydrogens (tertiary/aromatic N) is 4. The van der Waals surface area contributed by atoms with Gasteiger partial charge in [-0.15, -0.1) is 11.3 Å². The van der Waals surface area contributed by atoms with Crippen molar-refractivity contribution in [1.29, 1.82) is 0 Å². The summed E-state index contributed by atoms with van der Waals surface area (Å²) in [5, 5.41) is 17.3. The van der Waals surface area contributed by atoms with Crippen molar-refractivity contribution >= 4 is 78.4 Å². The zero-order valence-corrected chi connectivity index (χ0v) is 33.6. The van der Waals surface area contributed by atoms with E-state index in [4.69, 9.17) is 21.4 Å². The first-order valence-electron chi connectivity index (χ1n) is 18.6. The number of carbonyl (C=O) groups excluding carboxylic acids is 4. The van der Waals surface area contributed by atoms with Crippen molar-refractivity contribution in [3.63, 3.8) is 0 Å². The van der Waals surface area contributed by atoms with E-state index < -0.39 is 35.0 Å². The number of methoxy groups -OCH3 is 1. The van der Waals surface area contributed by atoms with Gasteiger partial charge in [-0.3, -0.25) is 28.8 Å². The number of ether oxygens (including phenoxy) is 1. The molecule has 6 atom stereocenters. The van der Waals surface area contributed by atoms with E-state index in [2.05, 4.69) is 22.0 Å². The second-order valence-corrected chi connectivity index (χ2v) is 18.1. The number of aromatic nitrogens is 2. The van der Waals surface area contributed by atoms with Crippen LogP contribution in [-0.4, -0.2) is 56.6 Å². The molecule has 0 bridgehead atoms. The third-order valence-electron chi connectivity index (χ3n) is 13.1. The molecule has 2 aliphatic heterocycles. The molecule has 0 spiro atoms. The lowest BCUT2D eigenvalue weighted by Crippen LogP contribution is -2.49. The Hall–Kier alpha value is -4.00. The van der Waals surface area contributed by atoms with Crippen molar-refractivity contribution < 1.29 is 29.0 Å². The van der Waals surface area contributed by atoms with Crippen molar-refractivity contribution in [2.24, 2.45) is 36.1 Å². The number of amides is 4. The molecule has 2 saturated heterocycles. The molecule has 54 heavy (non-hydrogen) atoms. The number of fused-ring (bicyclic) bond motifs is 5. The van der Waals surface area contributed by atoms with Crippen LogP contribution in [0, 0.1) is 36.0 Å². The van der Waals surface area contributed by atoms with Crippen LogP contribution >= 0.6 is 38.9 Å². The molecular formula is C41H40BrClN4O6S. The summed E-state index contributed by atoms with van der Waals surface area (Å²) < 4.78 is 8.59. The van der Waals surface area contributed by atoms with Crippen LogP contribution in [-0.2, 0) is 26.2 Å². The lowest BCUT2D eigenvalue weighted by atomic mass is 9.51. The van der Waals surface area contributed by atoms with Crippen LogP contribution in [0.2, 0.25) is 5.02 Å². The highest BCUT2D eigenvalue weighted by Gasteiger charge is 2.68. The number of hydrogen-bond acceptors (Lipinski definition) is 8. The second kappa shape index (κ2) is 12.8. The van der Waals surface area contributed by atoms with E-state index in [-0.39, 0.29) is 47.6 Å². The fourth-order valence-corrected chi connectivity index (χ4v) is 12.2. The highest BCUT2D eigenvalue weighted by molar-refractivity contribution is 9.10. The van der Waals surface area contributed by atoms with Gasteiger partial charge in [0.25, 0.3) is 0 Å². The summed E-state index contributed by atoms with van der Waals surface area (Å²) in [6.07, 6.45) is 7.41. The SMILES string of the molecule is COc1cc(C2C3=CCC4C(=O)N(C5CCCCC5)C(=O)C4C3CC3C(=O)N(c4cc(-c5sc6ccc(Cl)cc6c5C)nn4C)C(=O)C32C)cc(Br)c1O. The molecule has 4 aromatic rings. The Morgan fingerprint density at radius 1 is 1.02 bits per heavy atom.